The van der Waals surface area contributed by atoms with Gasteiger partial charge in [0.05, 0.1) is 12.7 Å². The molecule has 9 N–H and O–H groups in total. The Kier molecular flexibility index (Phi) is 19.9. The lowest BCUT2D eigenvalue weighted by Gasteiger charge is -2.28. The minimum absolute atomic E-state index is 0.227. The van der Waals surface area contributed by atoms with Crippen LogP contribution in [0, 0.1) is 5.92 Å². The number of nitrogens with two attached hydrogens (primary N) is 1. The van der Waals surface area contributed by atoms with Crippen LogP contribution in [0.25, 0.3) is 0 Å². The highest BCUT2D eigenvalue weighted by atomic mass is 31.2. The first-order valence-electron chi connectivity index (χ1n) is 17.0. The molecule has 0 fully saturated rings. The molecule has 278 valence electrons. The van der Waals surface area contributed by atoms with E-state index in [1.165, 1.54) is 45.4 Å². The molecule has 0 radical (unpaired) electrons. The van der Waals surface area contributed by atoms with Gasteiger partial charge in [-0.1, -0.05) is 84.3 Å². The first kappa shape index (κ1) is 43.7. The summed E-state index contributed by atoms with van der Waals surface area (Å²) in [5.41, 5.74) is 6.68. The van der Waals surface area contributed by atoms with Crippen molar-refractivity contribution in [2.45, 2.75) is 129 Å². The normalized spacial score (nSPS) is 15.2. The second-order valence-electron chi connectivity index (χ2n) is 12.4. The maximum atomic E-state index is 13.2. The van der Waals surface area contributed by atoms with Gasteiger partial charge in [0.1, 0.15) is 24.2 Å². The molecule has 6 atom stereocenters. The van der Waals surface area contributed by atoms with Gasteiger partial charge in [-0.3, -0.25) is 28.5 Å². The molecule has 0 aromatic heterocycles. The third-order valence-corrected chi connectivity index (χ3v) is 8.87. The Morgan fingerprint density at radius 2 is 1.33 bits per heavy atom. The van der Waals surface area contributed by atoms with Crippen LogP contribution in [0.5, 0.6) is 0 Å². The van der Waals surface area contributed by atoms with E-state index in [4.69, 9.17) is 5.73 Å². The predicted octanol–water partition coefficient (Wildman–Crippen LogP) is 1.96. The summed E-state index contributed by atoms with van der Waals surface area (Å²) in [7, 11) is -5.15. The van der Waals surface area contributed by atoms with Crippen molar-refractivity contribution in [2.75, 3.05) is 6.61 Å². The molecular weight excluding hydrogens is 657 g/mol. The highest BCUT2D eigenvalue weighted by molar-refractivity contribution is 7.46. The molecule has 0 heterocycles. The Hall–Kier alpha value is -3.36. The number of amides is 5. The van der Waals surface area contributed by atoms with E-state index in [0.717, 1.165) is 31.7 Å². The summed E-state index contributed by atoms with van der Waals surface area (Å²) in [5.74, 6) is -4.69. The molecule has 0 aliphatic rings. The number of unbranched alkanes of at least 4 members (excludes halogenated alkanes) is 7. The zero-order valence-corrected chi connectivity index (χ0v) is 30.2. The van der Waals surface area contributed by atoms with E-state index in [-0.39, 0.29) is 11.5 Å². The van der Waals surface area contributed by atoms with Crippen LogP contribution in [0.2, 0.25) is 0 Å². The summed E-state index contributed by atoms with van der Waals surface area (Å²) >= 11 is 0. The summed E-state index contributed by atoms with van der Waals surface area (Å²) in [4.78, 5) is 82.5. The first-order valence-corrected chi connectivity index (χ1v) is 18.5. The number of carbonyl (C=O) groups excluding carboxylic acids is 5. The number of rotatable bonds is 24. The van der Waals surface area contributed by atoms with Crippen LogP contribution < -0.4 is 27.0 Å². The van der Waals surface area contributed by atoms with Crippen LogP contribution in [0.15, 0.2) is 24.3 Å². The number of aliphatic hydroxyl groups excluding tert-OH is 1. The third kappa shape index (κ3) is 16.7. The molecule has 0 spiro atoms. The van der Waals surface area contributed by atoms with Gasteiger partial charge in [0, 0.05) is 5.56 Å². The summed E-state index contributed by atoms with van der Waals surface area (Å²) in [6.45, 7) is 7.20. The number of hydrogen-bond acceptors (Lipinski definition) is 8. The van der Waals surface area contributed by atoms with Gasteiger partial charge in [0.2, 0.25) is 23.6 Å². The molecule has 0 aliphatic carbocycles. The Balaban J connectivity index is 2.90. The molecule has 1 aromatic carbocycles. The molecule has 1 aromatic rings. The number of aliphatic hydroxyl groups is 1. The minimum Gasteiger partial charge on any atom is -0.394 e. The zero-order chi connectivity index (χ0) is 37.1. The standard InChI is InChI=1S/C33H56N5O10P/c1-6-8-9-10-11-12-13-14-15-24-16-18-25(19-17-24)31(42)36-26(20-39)32(43)38-28(23(5)48-49(45,46)47)33(44)35-22(4)30(41)37-27(29(34)40)21(3)7-2/h16-19,21-23,26-28,39H,6-15,20H2,1-5H3,(H2,34,40)(H,35,44)(H,36,42)(H,37,41)(H,38,43)(H2,45,46,47)/t21-,22-,23+,26-,27-,28-/m0/s1. The van der Waals surface area contributed by atoms with E-state index in [9.17, 15) is 43.4 Å². The van der Waals surface area contributed by atoms with Crippen LogP contribution in [-0.4, -0.2) is 81.3 Å². The van der Waals surface area contributed by atoms with Crippen molar-refractivity contribution in [3.05, 3.63) is 35.4 Å². The van der Waals surface area contributed by atoms with Gasteiger partial charge in [0.15, 0.2) is 0 Å². The number of aryl methyl sites for hydroxylation is 1. The average Bonchev–Trinajstić information content (AvgIpc) is 3.04. The maximum Gasteiger partial charge on any atom is 0.469 e. The molecule has 5 amide bonds. The van der Waals surface area contributed by atoms with E-state index in [2.05, 4.69) is 32.7 Å². The van der Waals surface area contributed by atoms with Crippen molar-refractivity contribution in [1.82, 2.24) is 21.3 Å². The quantitative estimate of drug-likeness (QED) is 0.0572. The lowest BCUT2D eigenvalue weighted by Crippen LogP contribution is -2.61. The van der Waals surface area contributed by atoms with E-state index in [1.807, 2.05) is 12.1 Å². The molecule has 0 saturated heterocycles. The number of carbonyl (C=O) groups is 5. The Labute approximate surface area is 289 Å². The summed E-state index contributed by atoms with van der Waals surface area (Å²) < 4.78 is 16.2. The van der Waals surface area contributed by atoms with Gasteiger partial charge >= 0.3 is 7.82 Å². The fraction of sp³-hybridized carbons (Fsp3) is 0.667. The number of primary amides is 1. The van der Waals surface area contributed by atoms with Gasteiger partial charge in [-0.25, -0.2) is 4.57 Å². The van der Waals surface area contributed by atoms with Gasteiger partial charge < -0.3 is 41.9 Å². The third-order valence-electron chi connectivity index (χ3n) is 8.26. The van der Waals surface area contributed by atoms with Crippen LogP contribution in [0.4, 0.5) is 0 Å². The van der Waals surface area contributed by atoms with Crippen molar-refractivity contribution in [2.24, 2.45) is 11.7 Å². The van der Waals surface area contributed by atoms with Crippen molar-refractivity contribution >= 4 is 37.4 Å². The topological polar surface area (TPSA) is 246 Å². The molecule has 16 heteroatoms. The minimum atomic E-state index is -5.15. The largest absolute Gasteiger partial charge is 0.469 e. The SMILES string of the molecule is CCCCCCCCCCc1ccc(C(=O)N[C@@H](CO)C(=O)N[C@H](C(=O)N[C@@H](C)C(=O)N[C@H](C(N)=O)[C@@H](C)CC)[C@@H](C)OP(=O)(O)O)cc1. The monoisotopic (exact) mass is 713 g/mol. The van der Waals surface area contributed by atoms with E-state index >= 15 is 0 Å². The molecule has 0 unspecified atom stereocenters. The van der Waals surface area contributed by atoms with Crippen molar-refractivity contribution in [3.8, 4) is 0 Å². The number of nitrogens with one attached hydrogen (secondary N) is 4. The van der Waals surface area contributed by atoms with E-state index in [0.29, 0.717) is 6.42 Å². The van der Waals surface area contributed by atoms with Crippen molar-refractivity contribution < 1.29 is 48.0 Å². The molecule has 15 nitrogen and oxygen atoms in total. The van der Waals surface area contributed by atoms with Gasteiger partial charge in [-0.2, -0.15) is 0 Å². The number of benzene rings is 1. The molecule has 49 heavy (non-hydrogen) atoms. The van der Waals surface area contributed by atoms with Gasteiger partial charge in [-0.15, -0.1) is 0 Å². The van der Waals surface area contributed by atoms with Crippen LogP contribution in [0.3, 0.4) is 0 Å². The smallest absolute Gasteiger partial charge is 0.394 e. The van der Waals surface area contributed by atoms with Crippen LogP contribution in [-0.2, 0) is 34.7 Å². The van der Waals surface area contributed by atoms with Gasteiger partial charge in [0.25, 0.3) is 5.91 Å². The van der Waals surface area contributed by atoms with E-state index < -0.39 is 74.2 Å². The zero-order valence-electron chi connectivity index (χ0n) is 29.3. The number of hydrogen-bond donors (Lipinski definition) is 8. The number of phosphoric ester groups is 1. The molecule has 0 aliphatic heterocycles. The fourth-order valence-corrected chi connectivity index (χ4v) is 5.58. The van der Waals surface area contributed by atoms with Crippen molar-refractivity contribution in [1.29, 1.82) is 0 Å². The Morgan fingerprint density at radius 1 is 0.776 bits per heavy atom. The lowest BCUT2D eigenvalue weighted by atomic mass is 9.98. The maximum absolute atomic E-state index is 13.2. The molecule has 0 saturated carbocycles. The highest BCUT2D eigenvalue weighted by Gasteiger charge is 2.36. The molecular formula is C33H56N5O10P. The average molecular weight is 714 g/mol. The van der Waals surface area contributed by atoms with Crippen molar-refractivity contribution in [3.63, 3.8) is 0 Å². The summed E-state index contributed by atoms with van der Waals surface area (Å²) in [6.07, 6.45) is 9.35. The first-order chi connectivity index (χ1) is 23.0. The second kappa shape index (κ2) is 22.4. The van der Waals surface area contributed by atoms with E-state index in [1.54, 1.807) is 26.0 Å². The Morgan fingerprint density at radius 3 is 1.84 bits per heavy atom. The van der Waals surface area contributed by atoms with Gasteiger partial charge in [-0.05, 0) is 50.3 Å². The second-order valence-corrected chi connectivity index (χ2v) is 13.6. The highest BCUT2D eigenvalue weighted by Crippen LogP contribution is 2.38. The molecule has 1 rings (SSSR count). The Bertz CT molecular complexity index is 1260. The number of phosphoric acid groups is 1. The summed E-state index contributed by atoms with van der Waals surface area (Å²) in [5, 5.41) is 19.3. The predicted molar refractivity (Wildman–Crippen MR) is 184 cm³/mol. The van der Waals surface area contributed by atoms with Crippen LogP contribution in [0.1, 0.15) is 108 Å². The molecule has 0 bridgehead atoms. The lowest BCUT2D eigenvalue weighted by molar-refractivity contribution is -0.135. The summed E-state index contributed by atoms with van der Waals surface area (Å²) in [6, 6.07) is 1.17. The fourth-order valence-electron chi connectivity index (χ4n) is 5.03. The van der Waals surface area contributed by atoms with Crippen LogP contribution >= 0.6 is 7.82 Å².